The van der Waals surface area contributed by atoms with Gasteiger partial charge in [-0.25, -0.2) is 4.39 Å². The van der Waals surface area contributed by atoms with Crippen LogP contribution in [-0.4, -0.2) is 48.0 Å². The predicted molar refractivity (Wildman–Crippen MR) is 96.6 cm³/mol. The normalized spacial score (nSPS) is 17.0. The molecule has 1 aromatic rings. The van der Waals surface area contributed by atoms with Gasteiger partial charge < -0.3 is 9.80 Å². The summed E-state index contributed by atoms with van der Waals surface area (Å²) < 4.78 is 13.0. The topological polar surface area (TPSA) is 23.6 Å². The highest BCUT2D eigenvalue weighted by Crippen LogP contribution is 2.19. The van der Waals surface area contributed by atoms with Crippen molar-refractivity contribution in [3.8, 4) is 0 Å². The third kappa shape index (κ3) is 5.41. The maximum atomic E-state index is 13.0. The molecule has 0 aromatic heterocycles. The van der Waals surface area contributed by atoms with E-state index in [-0.39, 0.29) is 17.0 Å². The minimum absolute atomic E-state index is 0.0407. The summed E-state index contributed by atoms with van der Waals surface area (Å²) in [5.74, 6) is 1.10. The van der Waals surface area contributed by atoms with Gasteiger partial charge in [0.1, 0.15) is 5.82 Å². The van der Waals surface area contributed by atoms with E-state index in [1.807, 2.05) is 24.0 Å². The molecule has 1 unspecified atom stereocenters. The molecule has 1 aliphatic rings. The van der Waals surface area contributed by atoms with Crippen LogP contribution in [0.1, 0.15) is 33.1 Å². The molecule has 0 radical (unpaired) electrons. The molecule has 0 bridgehead atoms. The highest BCUT2D eigenvalue weighted by atomic mass is 32.2. The van der Waals surface area contributed by atoms with E-state index in [2.05, 4.69) is 11.8 Å². The van der Waals surface area contributed by atoms with Gasteiger partial charge in [-0.2, -0.15) is 0 Å². The van der Waals surface area contributed by atoms with Crippen molar-refractivity contribution < 1.29 is 9.18 Å². The number of halogens is 1. The quantitative estimate of drug-likeness (QED) is 0.738. The van der Waals surface area contributed by atoms with Crippen molar-refractivity contribution in [2.45, 2.75) is 38.4 Å². The van der Waals surface area contributed by atoms with Crippen LogP contribution in [0.3, 0.4) is 0 Å². The van der Waals surface area contributed by atoms with Crippen molar-refractivity contribution in [2.24, 2.45) is 0 Å². The molecule has 1 heterocycles. The van der Waals surface area contributed by atoms with Crippen molar-refractivity contribution in [1.29, 1.82) is 0 Å². The zero-order valence-corrected chi connectivity index (χ0v) is 14.9. The van der Waals surface area contributed by atoms with E-state index in [1.165, 1.54) is 25.0 Å². The minimum atomic E-state index is -0.210. The van der Waals surface area contributed by atoms with Gasteiger partial charge >= 0.3 is 0 Å². The first-order valence-corrected chi connectivity index (χ1v) is 9.57. The largest absolute Gasteiger partial charge is 0.370 e. The van der Waals surface area contributed by atoms with Gasteiger partial charge in [0, 0.05) is 31.9 Å². The Morgan fingerprint density at radius 3 is 2.65 bits per heavy atom. The summed E-state index contributed by atoms with van der Waals surface area (Å²) in [5.41, 5.74) is 1.03. The summed E-state index contributed by atoms with van der Waals surface area (Å²) >= 11 is 1.76. The Morgan fingerprint density at radius 1 is 1.22 bits per heavy atom. The molecule has 1 aliphatic heterocycles. The summed E-state index contributed by atoms with van der Waals surface area (Å²) in [7, 11) is 0. The zero-order valence-electron chi connectivity index (χ0n) is 14.1. The standard InChI is InChI=1S/C18H27FN2OS/c1-3-4-14-23-15(2)18(22)21-11-5-10-20(12-13-21)17-8-6-16(19)7-9-17/h6-9,15H,3-5,10-14H2,1-2H3. The Morgan fingerprint density at radius 2 is 1.96 bits per heavy atom. The lowest BCUT2D eigenvalue weighted by molar-refractivity contribution is -0.130. The molecule has 1 saturated heterocycles. The highest BCUT2D eigenvalue weighted by Gasteiger charge is 2.23. The zero-order chi connectivity index (χ0) is 16.7. The second-order valence-electron chi connectivity index (χ2n) is 6.01. The van der Waals surface area contributed by atoms with Crippen LogP contribution < -0.4 is 4.90 Å². The molecule has 1 aromatic carbocycles. The molecule has 3 nitrogen and oxygen atoms in total. The summed E-state index contributed by atoms with van der Waals surface area (Å²) in [5, 5.41) is 0.0407. The maximum absolute atomic E-state index is 13.0. The Balaban J connectivity index is 1.87. The van der Waals surface area contributed by atoms with Crippen LogP contribution in [0.25, 0.3) is 0 Å². The number of unbranched alkanes of at least 4 members (excludes halogenated alkanes) is 1. The molecule has 0 aliphatic carbocycles. The first kappa shape index (κ1) is 18.1. The molecule has 1 amide bonds. The molecule has 5 heteroatoms. The van der Waals surface area contributed by atoms with Crippen LogP contribution in [0.2, 0.25) is 0 Å². The minimum Gasteiger partial charge on any atom is -0.370 e. The SMILES string of the molecule is CCCCSC(C)C(=O)N1CCCN(c2ccc(F)cc2)CC1. The molecule has 2 rings (SSSR count). The lowest BCUT2D eigenvalue weighted by Gasteiger charge is -2.25. The van der Waals surface area contributed by atoms with Crippen LogP contribution >= 0.6 is 11.8 Å². The molecular weight excluding hydrogens is 311 g/mol. The van der Waals surface area contributed by atoms with E-state index in [4.69, 9.17) is 0 Å². The lowest BCUT2D eigenvalue weighted by atomic mass is 10.2. The first-order chi connectivity index (χ1) is 11.1. The van der Waals surface area contributed by atoms with E-state index in [0.29, 0.717) is 0 Å². The van der Waals surface area contributed by atoms with Crippen LogP contribution in [0.5, 0.6) is 0 Å². The van der Waals surface area contributed by atoms with Crippen molar-refractivity contribution in [3.63, 3.8) is 0 Å². The molecule has 0 N–H and O–H groups in total. The van der Waals surface area contributed by atoms with E-state index in [0.717, 1.165) is 44.0 Å². The maximum Gasteiger partial charge on any atom is 0.235 e. The fraction of sp³-hybridized carbons (Fsp3) is 0.611. The highest BCUT2D eigenvalue weighted by molar-refractivity contribution is 8.00. The number of rotatable bonds is 6. The Hall–Kier alpha value is -1.23. The number of hydrogen-bond donors (Lipinski definition) is 0. The summed E-state index contributed by atoms with van der Waals surface area (Å²) in [6.45, 7) is 7.47. The number of amides is 1. The van der Waals surface area contributed by atoms with E-state index < -0.39 is 0 Å². The summed E-state index contributed by atoms with van der Waals surface area (Å²) in [6.07, 6.45) is 3.29. The second kappa shape index (κ2) is 9.16. The number of carbonyl (C=O) groups excluding carboxylic acids is 1. The van der Waals surface area contributed by atoms with Gasteiger partial charge in [0.05, 0.1) is 5.25 Å². The van der Waals surface area contributed by atoms with Gasteiger partial charge in [-0.1, -0.05) is 13.3 Å². The van der Waals surface area contributed by atoms with Crippen molar-refractivity contribution in [1.82, 2.24) is 4.90 Å². The molecule has 23 heavy (non-hydrogen) atoms. The van der Waals surface area contributed by atoms with Crippen molar-refractivity contribution >= 4 is 23.4 Å². The smallest absolute Gasteiger partial charge is 0.235 e. The fourth-order valence-corrected chi connectivity index (χ4v) is 3.88. The van der Waals surface area contributed by atoms with Gasteiger partial charge in [0.2, 0.25) is 5.91 Å². The molecule has 0 saturated carbocycles. The van der Waals surface area contributed by atoms with E-state index in [1.54, 1.807) is 11.8 Å². The van der Waals surface area contributed by atoms with Crippen LogP contribution in [0.4, 0.5) is 10.1 Å². The third-order valence-corrected chi connectivity index (χ3v) is 5.44. The monoisotopic (exact) mass is 338 g/mol. The first-order valence-electron chi connectivity index (χ1n) is 8.52. The Labute approximate surface area is 143 Å². The van der Waals surface area contributed by atoms with Crippen LogP contribution in [0.15, 0.2) is 24.3 Å². The van der Waals surface area contributed by atoms with Gasteiger partial charge in [-0.3, -0.25) is 4.79 Å². The number of hydrogen-bond acceptors (Lipinski definition) is 3. The van der Waals surface area contributed by atoms with Crippen LogP contribution in [-0.2, 0) is 4.79 Å². The lowest BCUT2D eigenvalue weighted by Crippen LogP contribution is -2.39. The Bertz CT molecular complexity index is 494. The number of nitrogens with zero attached hydrogens (tertiary/aromatic N) is 2. The third-order valence-electron chi connectivity index (χ3n) is 4.21. The molecule has 0 spiro atoms. The molecular formula is C18H27FN2OS. The summed E-state index contributed by atoms with van der Waals surface area (Å²) in [4.78, 5) is 16.8. The molecule has 1 atom stereocenters. The molecule has 128 valence electrons. The number of thioether (sulfide) groups is 1. The average Bonchev–Trinajstić information content (AvgIpc) is 2.81. The fourth-order valence-electron chi connectivity index (χ4n) is 2.78. The number of carbonyl (C=O) groups is 1. The molecule has 1 fully saturated rings. The van der Waals surface area contributed by atoms with Crippen molar-refractivity contribution in [2.75, 3.05) is 36.8 Å². The summed E-state index contributed by atoms with van der Waals surface area (Å²) in [6, 6.07) is 6.62. The van der Waals surface area contributed by atoms with Gasteiger partial charge in [-0.15, -0.1) is 11.8 Å². The number of benzene rings is 1. The van der Waals surface area contributed by atoms with Gasteiger partial charge in [0.15, 0.2) is 0 Å². The van der Waals surface area contributed by atoms with Crippen LogP contribution in [0, 0.1) is 5.82 Å². The Kier molecular flexibility index (Phi) is 7.21. The van der Waals surface area contributed by atoms with E-state index >= 15 is 0 Å². The second-order valence-corrected chi connectivity index (χ2v) is 7.46. The van der Waals surface area contributed by atoms with Gasteiger partial charge in [-0.05, 0) is 49.8 Å². The predicted octanol–water partition coefficient (Wildman–Crippen LogP) is 3.79. The van der Waals surface area contributed by atoms with E-state index in [9.17, 15) is 9.18 Å². The van der Waals surface area contributed by atoms with Crippen molar-refractivity contribution in [3.05, 3.63) is 30.1 Å². The number of anilines is 1. The van der Waals surface area contributed by atoms with Gasteiger partial charge in [0.25, 0.3) is 0 Å². The average molecular weight is 338 g/mol.